The summed E-state index contributed by atoms with van der Waals surface area (Å²) >= 11 is 3.35. The number of carboxylic acids is 1. The van der Waals surface area contributed by atoms with Crippen LogP contribution in [0.15, 0.2) is 57.9 Å². The van der Waals surface area contributed by atoms with Gasteiger partial charge in [0.25, 0.3) is 0 Å². The zero-order chi connectivity index (χ0) is 15.2. The van der Waals surface area contributed by atoms with Crippen molar-refractivity contribution in [1.82, 2.24) is 4.98 Å². The van der Waals surface area contributed by atoms with Crippen LogP contribution in [0.5, 0.6) is 0 Å². The summed E-state index contributed by atoms with van der Waals surface area (Å²) in [7, 11) is 0. The van der Waals surface area contributed by atoms with E-state index in [2.05, 4.69) is 30.9 Å². The minimum absolute atomic E-state index is 0.385. The van der Waals surface area contributed by atoms with Gasteiger partial charge in [-0.05, 0) is 29.8 Å². The number of aliphatic carboxylic acids is 1. The fraction of sp³-hybridized carbons (Fsp3) is 0. The molecular formula is C14H9BrN4O2. The van der Waals surface area contributed by atoms with E-state index < -0.39 is 5.97 Å². The van der Waals surface area contributed by atoms with Crippen LogP contribution in [0.25, 0.3) is 27.8 Å². The Morgan fingerprint density at radius 2 is 2.05 bits per heavy atom. The zero-order valence-corrected chi connectivity index (χ0v) is 12.2. The van der Waals surface area contributed by atoms with Gasteiger partial charge < -0.3 is 5.11 Å². The van der Waals surface area contributed by atoms with Gasteiger partial charge in [-0.2, -0.15) is 0 Å². The summed E-state index contributed by atoms with van der Waals surface area (Å²) in [6.07, 6.45) is 2.91. The van der Waals surface area contributed by atoms with Gasteiger partial charge in [0.2, 0.25) is 0 Å². The minimum atomic E-state index is -1.29. The summed E-state index contributed by atoms with van der Waals surface area (Å²) < 4.78 is 0.930. The van der Waals surface area contributed by atoms with Gasteiger partial charge in [-0.15, -0.1) is 0 Å². The highest BCUT2D eigenvalue weighted by molar-refractivity contribution is 9.10. The molecule has 0 aliphatic heterocycles. The molecule has 0 fully saturated rings. The van der Waals surface area contributed by atoms with Crippen molar-refractivity contribution >= 4 is 28.0 Å². The van der Waals surface area contributed by atoms with Gasteiger partial charge in [0, 0.05) is 26.7 Å². The SMILES string of the molecule is [N-]=[N+]=N/C(=C\c1cccnc1-c1ccc(Br)cc1)C(=O)O. The number of nitrogens with zero attached hydrogens (tertiary/aromatic N) is 4. The quantitative estimate of drug-likeness (QED) is 0.388. The number of azide groups is 1. The Bertz CT molecular complexity index is 746. The number of carboxylic acid groups (broad SMARTS) is 1. The number of benzene rings is 1. The molecule has 0 atom stereocenters. The predicted molar refractivity (Wildman–Crippen MR) is 82.1 cm³/mol. The van der Waals surface area contributed by atoms with Crippen molar-refractivity contribution < 1.29 is 9.90 Å². The van der Waals surface area contributed by atoms with Crippen molar-refractivity contribution in [2.45, 2.75) is 0 Å². The highest BCUT2D eigenvalue weighted by Crippen LogP contribution is 2.25. The van der Waals surface area contributed by atoms with Crippen molar-refractivity contribution in [2.24, 2.45) is 5.11 Å². The minimum Gasteiger partial charge on any atom is -0.478 e. The smallest absolute Gasteiger partial charge is 0.338 e. The lowest BCUT2D eigenvalue weighted by molar-refractivity contribution is -0.132. The van der Waals surface area contributed by atoms with Gasteiger partial charge in [-0.1, -0.05) is 39.2 Å². The van der Waals surface area contributed by atoms with Crippen LogP contribution in [0.1, 0.15) is 5.56 Å². The first-order chi connectivity index (χ1) is 10.1. The predicted octanol–water partition coefficient (Wildman–Crippen LogP) is 4.25. The molecule has 0 saturated carbocycles. The average molecular weight is 345 g/mol. The molecule has 1 N–H and O–H groups in total. The lowest BCUT2D eigenvalue weighted by atomic mass is 10.1. The first-order valence-electron chi connectivity index (χ1n) is 5.83. The van der Waals surface area contributed by atoms with E-state index in [1.165, 1.54) is 6.08 Å². The number of rotatable bonds is 4. The second-order valence-electron chi connectivity index (χ2n) is 3.97. The lowest BCUT2D eigenvalue weighted by Gasteiger charge is -2.05. The second kappa shape index (κ2) is 6.69. The van der Waals surface area contributed by atoms with Crippen molar-refractivity contribution in [1.29, 1.82) is 0 Å². The number of hydrogen-bond donors (Lipinski definition) is 1. The van der Waals surface area contributed by atoms with Crippen LogP contribution >= 0.6 is 15.9 Å². The highest BCUT2D eigenvalue weighted by atomic mass is 79.9. The van der Waals surface area contributed by atoms with E-state index in [4.69, 9.17) is 10.6 Å². The standard InChI is InChI=1S/C14H9BrN4O2/c15-11-5-3-9(4-6-11)13-10(2-1-7-17-13)8-12(14(20)21)18-19-16/h1-8H,(H,20,21)/b12-8-. The average Bonchev–Trinajstić information content (AvgIpc) is 2.48. The second-order valence-corrected chi connectivity index (χ2v) is 4.89. The summed E-state index contributed by atoms with van der Waals surface area (Å²) in [5.74, 6) is -1.29. The Morgan fingerprint density at radius 1 is 1.33 bits per heavy atom. The molecule has 0 radical (unpaired) electrons. The number of pyridine rings is 1. The van der Waals surface area contributed by atoms with Gasteiger partial charge in [0.15, 0.2) is 0 Å². The Hall–Kier alpha value is -2.63. The van der Waals surface area contributed by atoms with Crippen LogP contribution in [0.3, 0.4) is 0 Å². The summed E-state index contributed by atoms with van der Waals surface area (Å²) in [6.45, 7) is 0. The Morgan fingerprint density at radius 3 is 2.67 bits per heavy atom. The van der Waals surface area contributed by atoms with E-state index in [0.717, 1.165) is 10.0 Å². The molecule has 0 saturated heterocycles. The normalized spacial score (nSPS) is 10.8. The summed E-state index contributed by atoms with van der Waals surface area (Å²) in [4.78, 5) is 17.8. The molecule has 0 amide bonds. The van der Waals surface area contributed by atoms with Crippen LogP contribution < -0.4 is 0 Å². The highest BCUT2D eigenvalue weighted by Gasteiger charge is 2.09. The number of carbonyl (C=O) groups is 1. The van der Waals surface area contributed by atoms with Gasteiger partial charge in [0.1, 0.15) is 5.70 Å². The van der Waals surface area contributed by atoms with Crippen LogP contribution in [0.2, 0.25) is 0 Å². The third-order valence-corrected chi connectivity index (χ3v) is 3.15. The molecule has 21 heavy (non-hydrogen) atoms. The third kappa shape index (κ3) is 3.68. The largest absolute Gasteiger partial charge is 0.478 e. The number of hydrogen-bond acceptors (Lipinski definition) is 3. The molecule has 1 aromatic carbocycles. The molecule has 2 rings (SSSR count). The van der Waals surface area contributed by atoms with Gasteiger partial charge in [-0.3, -0.25) is 4.98 Å². The van der Waals surface area contributed by atoms with E-state index >= 15 is 0 Å². The first kappa shape index (κ1) is 14.8. The summed E-state index contributed by atoms with van der Waals surface area (Å²) in [5.41, 5.74) is 10.0. The van der Waals surface area contributed by atoms with E-state index in [-0.39, 0.29) is 5.70 Å². The molecule has 0 aliphatic rings. The van der Waals surface area contributed by atoms with Crippen molar-refractivity contribution in [3.63, 3.8) is 0 Å². The Labute approximate surface area is 128 Å². The van der Waals surface area contributed by atoms with Crippen molar-refractivity contribution in [3.05, 3.63) is 68.8 Å². The molecule has 0 bridgehead atoms. The molecule has 2 aromatic rings. The molecule has 7 heteroatoms. The van der Waals surface area contributed by atoms with Gasteiger partial charge in [0.05, 0.1) is 5.69 Å². The van der Waals surface area contributed by atoms with Crippen LogP contribution in [-0.2, 0) is 4.79 Å². The Balaban J connectivity index is 2.55. The molecule has 0 unspecified atom stereocenters. The molecule has 0 spiro atoms. The fourth-order valence-electron chi connectivity index (χ4n) is 1.71. The summed E-state index contributed by atoms with van der Waals surface area (Å²) in [6, 6.07) is 10.8. The van der Waals surface area contributed by atoms with Crippen LogP contribution in [-0.4, -0.2) is 16.1 Å². The molecule has 104 valence electrons. The van der Waals surface area contributed by atoms with E-state index in [0.29, 0.717) is 11.3 Å². The van der Waals surface area contributed by atoms with Crippen LogP contribution in [0, 0.1) is 0 Å². The van der Waals surface area contributed by atoms with E-state index in [1.807, 2.05) is 24.3 Å². The van der Waals surface area contributed by atoms with Crippen LogP contribution in [0.4, 0.5) is 0 Å². The number of aromatic nitrogens is 1. The molecule has 1 aromatic heterocycles. The van der Waals surface area contributed by atoms with Gasteiger partial charge >= 0.3 is 5.97 Å². The fourth-order valence-corrected chi connectivity index (χ4v) is 1.98. The molecule has 0 aliphatic carbocycles. The molecule has 6 nitrogen and oxygen atoms in total. The number of halogens is 1. The van der Waals surface area contributed by atoms with Gasteiger partial charge in [-0.25, -0.2) is 4.79 Å². The Kier molecular flexibility index (Phi) is 4.71. The molecule has 1 heterocycles. The maximum absolute atomic E-state index is 11.0. The van der Waals surface area contributed by atoms with E-state index in [9.17, 15) is 4.79 Å². The third-order valence-electron chi connectivity index (χ3n) is 2.62. The van der Waals surface area contributed by atoms with Crippen molar-refractivity contribution in [2.75, 3.05) is 0 Å². The zero-order valence-electron chi connectivity index (χ0n) is 10.6. The monoisotopic (exact) mass is 344 g/mol. The summed E-state index contributed by atoms with van der Waals surface area (Å²) in [5, 5.41) is 12.2. The van der Waals surface area contributed by atoms with Crippen molar-refractivity contribution in [3.8, 4) is 11.3 Å². The molecular weight excluding hydrogens is 336 g/mol. The topological polar surface area (TPSA) is 99.0 Å². The van der Waals surface area contributed by atoms with E-state index in [1.54, 1.807) is 18.3 Å². The maximum Gasteiger partial charge on any atom is 0.338 e. The maximum atomic E-state index is 11.0. The lowest BCUT2D eigenvalue weighted by Crippen LogP contribution is -1.97. The first-order valence-corrected chi connectivity index (χ1v) is 6.62.